The Morgan fingerprint density at radius 1 is 1.15 bits per heavy atom. The van der Waals surface area contributed by atoms with Gasteiger partial charge in [0.15, 0.2) is 0 Å². The predicted molar refractivity (Wildman–Crippen MR) is 55.9 cm³/mol. The maximum absolute atomic E-state index is 5.46. The average Bonchev–Trinajstić information content (AvgIpc) is 2.12. The quantitative estimate of drug-likeness (QED) is 0.643. The Balaban J connectivity index is 2.53. The molecule has 0 aliphatic rings. The van der Waals surface area contributed by atoms with E-state index in [9.17, 15) is 0 Å². The summed E-state index contributed by atoms with van der Waals surface area (Å²) in [5.41, 5.74) is 3.97. The summed E-state index contributed by atoms with van der Waals surface area (Å²) in [6, 6.07) is 6.49. The van der Waals surface area contributed by atoms with Crippen LogP contribution in [0.1, 0.15) is 30.0 Å². The molecule has 0 spiro atoms. The van der Waals surface area contributed by atoms with Crippen molar-refractivity contribution in [2.45, 2.75) is 33.8 Å². The van der Waals surface area contributed by atoms with Gasteiger partial charge in [0.1, 0.15) is 0 Å². The van der Waals surface area contributed by atoms with Gasteiger partial charge in [-0.05, 0) is 37.0 Å². The monoisotopic (exact) mass is 178 g/mol. The summed E-state index contributed by atoms with van der Waals surface area (Å²) >= 11 is 0. The lowest BCUT2D eigenvalue weighted by atomic mass is 10.1. The standard InChI is InChI=1S/C12H18O/c1-4-7-13-9-12-6-5-10(2)11(3)8-12/h5-6,8H,4,7,9H2,1-3H3. The van der Waals surface area contributed by atoms with E-state index in [0.29, 0.717) is 0 Å². The Morgan fingerprint density at radius 2 is 1.92 bits per heavy atom. The van der Waals surface area contributed by atoms with Crippen molar-refractivity contribution in [3.05, 3.63) is 34.9 Å². The maximum atomic E-state index is 5.46. The van der Waals surface area contributed by atoms with Crippen molar-refractivity contribution in [2.75, 3.05) is 6.61 Å². The van der Waals surface area contributed by atoms with E-state index < -0.39 is 0 Å². The Morgan fingerprint density at radius 3 is 2.54 bits per heavy atom. The number of ether oxygens (including phenoxy) is 1. The van der Waals surface area contributed by atoms with Crippen molar-refractivity contribution < 1.29 is 4.74 Å². The van der Waals surface area contributed by atoms with Crippen LogP contribution in [-0.2, 0) is 11.3 Å². The first kappa shape index (κ1) is 10.3. The smallest absolute Gasteiger partial charge is 0.0716 e. The van der Waals surface area contributed by atoms with E-state index in [0.717, 1.165) is 19.6 Å². The van der Waals surface area contributed by atoms with Gasteiger partial charge in [-0.3, -0.25) is 0 Å². The Kier molecular flexibility index (Phi) is 3.97. The third-order valence-electron chi connectivity index (χ3n) is 2.19. The van der Waals surface area contributed by atoms with Crippen LogP contribution in [0.2, 0.25) is 0 Å². The van der Waals surface area contributed by atoms with Gasteiger partial charge in [-0.15, -0.1) is 0 Å². The molecule has 1 heteroatoms. The Labute approximate surface area is 80.7 Å². The molecule has 0 aromatic heterocycles. The van der Waals surface area contributed by atoms with Crippen LogP contribution < -0.4 is 0 Å². The van der Waals surface area contributed by atoms with Gasteiger partial charge in [0.2, 0.25) is 0 Å². The first-order chi connectivity index (χ1) is 6.24. The van der Waals surface area contributed by atoms with Gasteiger partial charge < -0.3 is 4.74 Å². The summed E-state index contributed by atoms with van der Waals surface area (Å²) < 4.78 is 5.46. The lowest BCUT2D eigenvalue weighted by Gasteiger charge is -2.05. The molecule has 0 heterocycles. The van der Waals surface area contributed by atoms with Gasteiger partial charge in [-0.25, -0.2) is 0 Å². The van der Waals surface area contributed by atoms with E-state index in [2.05, 4.69) is 39.0 Å². The zero-order chi connectivity index (χ0) is 9.68. The lowest BCUT2D eigenvalue weighted by molar-refractivity contribution is 0.121. The summed E-state index contributed by atoms with van der Waals surface area (Å²) in [5, 5.41) is 0. The predicted octanol–water partition coefficient (Wildman–Crippen LogP) is 3.23. The summed E-state index contributed by atoms with van der Waals surface area (Å²) in [4.78, 5) is 0. The Bertz CT molecular complexity index is 266. The van der Waals surface area contributed by atoms with Crippen molar-refractivity contribution in [3.8, 4) is 0 Å². The molecule has 0 fully saturated rings. The fourth-order valence-corrected chi connectivity index (χ4v) is 1.23. The molecule has 0 radical (unpaired) electrons. The van der Waals surface area contributed by atoms with E-state index in [1.165, 1.54) is 16.7 Å². The fourth-order valence-electron chi connectivity index (χ4n) is 1.23. The first-order valence-electron chi connectivity index (χ1n) is 4.88. The minimum Gasteiger partial charge on any atom is -0.377 e. The molecule has 0 aliphatic carbocycles. The highest BCUT2D eigenvalue weighted by Crippen LogP contribution is 2.10. The summed E-state index contributed by atoms with van der Waals surface area (Å²) in [6.07, 6.45) is 1.09. The highest BCUT2D eigenvalue weighted by atomic mass is 16.5. The van der Waals surface area contributed by atoms with Crippen LogP contribution in [0.3, 0.4) is 0 Å². The molecule has 1 aromatic rings. The highest BCUT2D eigenvalue weighted by Gasteiger charge is 1.95. The third-order valence-corrected chi connectivity index (χ3v) is 2.19. The lowest BCUT2D eigenvalue weighted by Crippen LogP contribution is -1.94. The molecule has 1 nitrogen and oxygen atoms in total. The number of rotatable bonds is 4. The van der Waals surface area contributed by atoms with Crippen LogP contribution in [0.5, 0.6) is 0 Å². The van der Waals surface area contributed by atoms with E-state index in [1.807, 2.05) is 0 Å². The van der Waals surface area contributed by atoms with Crippen LogP contribution in [0.4, 0.5) is 0 Å². The molecule has 0 unspecified atom stereocenters. The van der Waals surface area contributed by atoms with Gasteiger partial charge >= 0.3 is 0 Å². The average molecular weight is 178 g/mol. The molecule has 13 heavy (non-hydrogen) atoms. The van der Waals surface area contributed by atoms with E-state index in [4.69, 9.17) is 4.74 Å². The number of hydrogen-bond acceptors (Lipinski definition) is 1. The van der Waals surface area contributed by atoms with Crippen LogP contribution in [0.15, 0.2) is 18.2 Å². The minimum atomic E-state index is 0.745. The molecule has 0 saturated heterocycles. The summed E-state index contributed by atoms with van der Waals surface area (Å²) in [7, 11) is 0. The molecule has 0 aliphatic heterocycles. The molecule has 0 N–H and O–H groups in total. The van der Waals surface area contributed by atoms with Gasteiger partial charge in [0, 0.05) is 6.61 Å². The van der Waals surface area contributed by atoms with Crippen LogP contribution in [0, 0.1) is 13.8 Å². The van der Waals surface area contributed by atoms with Crippen molar-refractivity contribution in [2.24, 2.45) is 0 Å². The molecule has 0 bridgehead atoms. The molecule has 72 valence electrons. The highest BCUT2D eigenvalue weighted by molar-refractivity contribution is 5.29. The van der Waals surface area contributed by atoms with E-state index >= 15 is 0 Å². The van der Waals surface area contributed by atoms with Crippen molar-refractivity contribution in [1.82, 2.24) is 0 Å². The summed E-state index contributed by atoms with van der Waals surface area (Å²) in [6.45, 7) is 7.99. The summed E-state index contributed by atoms with van der Waals surface area (Å²) in [5.74, 6) is 0. The molecule has 1 aromatic carbocycles. The van der Waals surface area contributed by atoms with Gasteiger partial charge in [0.25, 0.3) is 0 Å². The van der Waals surface area contributed by atoms with Gasteiger partial charge in [-0.1, -0.05) is 25.1 Å². The van der Waals surface area contributed by atoms with Gasteiger partial charge in [-0.2, -0.15) is 0 Å². The molecule has 1 rings (SSSR count). The second kappa shape index (κ2) is 5.03. The van der Waals surface area contributed by atoms with Crippen molar-refractivity contribution in [1.29, 1.82) is 0 Å². The van der Waals surface area contributed by atoms with E-state index in [-0.39, 0.29) is 0 Å². The molecule has 0 atom stereocenters. The van der Waals surface area contributed by atoms with Gasteiger partial charge in [0.05, 0.1) is 6.61 Å². The molecule has 0 amide bonds. The number of hydrogen-bond donors (Lipinski definition) is 0. The number of benzene rings is 1. The maximum Gasteiger partial charge on any atom is 0.0716 e. The molecular formula is C12H18O. The third kappa shape index (κ3) is 3.19. The zero-order valence-electron chi connectivity index (χ0n) is 8.76. The normalized spacial score (nSPS) is 10.4. The SMILES string of the molecule is CCCOCc1ccc(C)c(C)c1. The topological polar surface area (TPSA) is 9.23 Å². The molecule has 0 saturated carbocycles. The Hall–Kier alpha value is -0.820. The second-order valence-electron chi connectivity index (χ2n) is 3.47. The van der Waals surface area contributed by atoms with Crippen molar-refractivity contribution >= 4 is 0 Å². The fraction of sp³-hybridized carbons (Fsp3) is 0.500. The van der Waals surface area contributed by atoms with Crippen molar-refractivity contribution in [3.63, 3.8) is 0 Å². The minimum absolute atomic E-state index is 0.745. The zero-order valence-corrected chi connectivity index (χ0v) is 8.76. The largest absolute Gasteiger partial charge is 0.377 e. The second-order valence-corrected chi connectivity index (χ2v) is 3.47. The first-order valence-corrected chi connectivity index (χ1v) is 4.88. The van der Waals surface area contributed by atoms with Crippen LogP contribution in [0.25, 0.3) is 0 Å². The van der Waals surface area contributed by atoms with E-state index in [1.54, 1.807) is 0 Å². The number of aryl methyl sites for hydroxylation is 2. The molecular weight excluding hydrogens is 160 g/mol. The van der Waals surface area contributed by atoms with Crippen LogP contribution >= 0.6 is 0 Å². The van der Waals surface area contributed by atoms with Crippen LogP contribution in [-0.4, -0.2) is 6.61 Å².